The van der Waals surface area contributed by atoms with Crippen LogP contribution in [0.5, 0.6) is 0 Å². The monoisotopic (exact) mass is 235 g/mol. The number of carbonyl (C=O) groups excluding carboxylic acids is 1. The number of amides is 2. The normalized spacial score (nSPS) is 12.2. The smallest absolute Gasteiger partial charge is 0.315 e. The summed E-state index contributed by atoms with van der Waals surface area (Å²) in [5.74, 6) is 0. The van der Waals surface area contributed by atoms with Crippen molar-refractivity contribution in [1.82, 2.24) is 10.6 Å². The van der Waals surface area contributed by atoms with Crippen LogP contribution in [0.25, 0.3) is 0 Å². The zero-order valence-corrected chi connectivity index (χ0v) is 10.4. The van der Waals surface area contributed by atoms with Crippen molar-refractivity contribution >= 4 is 6.03 Å². The van der Waals surface area contributed by atoms with Crippen LogP contribution in [-0.2, 0) is 6.42 Å². The molecule has 0 aliphatic rings. The van der Waals surface area contributed by atoms with E-state index in [-0.39, 0.29) is 18.1 Å². The summed E-state index contributed by atoms with van der Waals surface area (Å²) in [6, 6.07) is 9.94. The van der Waals surface area contributed by atoms with E-state index in [9.17, 15) is 4.79 Å². The van der Waals surface area contributed by atoms with Gasteiger partial charge in [0.05, 0.1) is 0 Å². The quantitative estimate of drug-likeness (QED) is 0.719. The average molecular weight is 235 g/mol. The lowest BCUT2D eigenvalue weighted by atomic mass is 10.1. The second-order valence-corrected chi connectivity index (χ2v) is 4.39. The van der Waals surface area contributed by atoms with Crippen molar-refractivity contribution in [3.05, 3.63) is 35.9 Å². The number of nitrogens with one attached hydrogen (secondary N) is 2. The fourth-order valence-electron chi connectivity index (χ4n) is 1.58. The van der Waals surface area contributed by atoms with Crippen molar-refractivity contribution in [3.63, 3.8) is 0 Å². The van der Waals surface area contributed by atoms with Crippen molar-refractivity contribution in [3.8, 4) is 0 Å². The molecule has 0 radical (unpaired) electrons. The summed E-state index contributed by atoms with van der Waals surface area (Å²) in [4.78, 5) is 11.5. The second kappa shape index (κ2) is 6.91. The molecule has 0 aliphatic carbocycles. The van der Waals surface area contributed by atoms with E-state index in [1.54, 1.807) is 0 Å². The van der Waals surface area contributed by atoms with Crippen molar-refractivity contribution < 1.29 is 4.79 Å². The molecule has 4 N–H and O–H groups in total. The first-order chi connectivity index (χ1) is 8.11. The van der Waals surface area contributed by atoms with E-state index < -0.39 is 0 Å². The Kier molecular flexibility index (Phi) is 5.49. The minimum Gasteiger partial charge on any atom is -0.336 e. The van der Waals surface area contributed by atoms with Crippen LogP contribution in [0.4, 0.5) is 4.79 Å². The molecule has 1 aromatic rings. The van der Waals surface area contributed by atoms with Crippen molar-refractivity contribution in [1.29, 1.82) is 0 Å². The Morgan fingerprint density at radius 2 is 1.88 bits per heavy atom. The molecule has 0 spiro atoms. The van der Waals surface area contributed by atoms with E-state index in [4.69, 9.17) is 5.73 Å². The van der Waals surface area contributed by atoms with Gasteiger partial charge in [-0.25, -0.2) is 4.79 Å². The summed E-state index contributed by atoms with van der Waals surface area (Å²) >= 11 is 0. The largest absolute Gasteiger partial charge is 0.336 e. The van der Waals surface area contributed by atoms with E-state index in [1.165, 1.54) is 5.56 Å². The Labute approximate surface area is 103 Å². The first-order valence-corrected chi connectivity index (χ1v) is 5.93. The van der Waals surface area contributed by atoms with Crippen LogP contribution >= 0.6 is 0 Å². The van der Waals surface area contributed by atoms with Gasteiger partial charge in [-0.2, -0.15) is 0 Å². The van der Waals surface area contributed by atoms with Crippen molar-refractivity contribution in [2.24, 2.45) is 5.73 Å². The molecule has 1 aromatic carbocycles. The first kappa shape index (κ1) is 13.5. The summed E-state index contributed by atoms with van der Waals surface area (Å²) in [5.41, 5.74) is 6.83. The highest BCUT2D eigenvalue weighted by molar-refractivity contribution is 5.74. The maximum atomic E-state index is 11.5. The third-order valence-electron chi connectivity index (χ3n) is 2.36. The molecule has 0 saturated carbocycles. The molecular formula is C13H21N3O. The molecule has 1 atom stereocenters. The van der Waals surface area contributed by atoms with Gasteiger partial charge in [-0.3, -0.25) is 0 Å². The second-order valence-electron chi connectivity index (χ2n) is 4.39. The highest BCUT2D eigenvalue weighted by Crippen LogP contribution is 2.02. The highest BCUT2D eigenvalue weighted by Gasteiger charge is 2.11. The highest BCUT2D eigenvalue weighted by atomic mass is 16.2. The summed E-state index contributed by atoms with van der Waals surface area (Å²) in [5, 5.41) is 5.66. The van der Waals surface area contributed by atoms with E-state index in [0.717, 1.165) is 6.42 Å². The van der Waals surface area contributed by atoms with Crippen LogP contribution in [-0.4, -0.2) is 24.7 Å². The minimum atomic E-state index is -0.161. The van der Waals surface area contributed by atoms with Crippen molar-refractivity contribution in [2.45, 2.75) is 32.4 Å². The van der Waals surface area contributed by atoms with E-state index >= 15 is 0 Å². The first-order valence-electron chi connectivity index (χ1n) is 5.93. The number of carbonyl (C=O) groups is 1. The fraction of sp³-hybridized carbons (Fsp3) is 0.462. The Hall–Kier alpha value is -1.55. The van der Waals surface area contributed by atoms with Gasteiger partial charge in [0.2, 0.25) is 0 Å². The lowest BCUT2D eigenvalue weighted by Crippen LogP contribution is -2.48. The molecular weight excluding hydrogens is 214 g/mol. The number of benzene rings is 1. The third-order valence-corrected chi connectivity index (χ3v) is 2.36. The van der Waals surface area contributed by atoms with Crippen LogP contribution in [0, 0.1) is 0 Å². The van der Waals surface area contributed by atoms with Gasteiger partial charge >= 0.3 is 6.03 Å². The van der Waals surface area contributed by atoms with Crippen molar-refractivity contribution in [2.75, 3.05) is 6.54 Å². The fourth-order valence-corrected chi connectivity index (χ4v) is 1.58. The molecule has 0 aromatic heterocycles. The molecule has 0 saturated heterocycles. The van der Waals surface area contributed by atoms with Crippen LogP contribution in [0.1, 0.15) is 19.4 Å². The Morgan fingerprint density at radius 1 is 1.24 bits per heavy atom. The van der Waals surface area contributed by atoms with Gasteiger partial charge in [-0.05, 0) is 25.8 Å². The van der Waals surface area contributed by atoms with E-state index in [2.05, 4.69) is 10.6 Å². The Bertz CT molecular complexity index is 338. The molecule has 0 bridgehead atoms. The average Bonchev–Trinajstić information content (AvgIpc) is 2.28. The van der Waals surface area contributed by atoms with Gasteiger partial charge in [0.15, 0.2) is 0 Å². The predicted octanol–water partition coefficient (Wildman–Crippen LogP) is 1.26. The van der Waals surface area contributed by atoms with Gasteiger partial charge in [0.25, 0.3) is 0 Å². The van der Waals surface area contributed by atoms with Crippen LogP contribution in [0.2, 0.25) is 0 Å². The Morgan fingerprint density at radius 3 is 2.41 bits per heavy atom. The number of nitrogens with two attached hydrogens (primary N) is 1. The lowest BCUT2D eigenvalue weighted by Gasteiger charge is -2.18. The molecule has 1 unspecified atom stereocenters. The SMILES string of the molecule is CC(C)NC(=O)NC(CN)Cc1ccccc1. The summed E-state index contributed by atoms with van der Waals surface area (Å²) < 4.78 is 0. The summed E-state index contributed by atoms with van der Waals surface area (Å²) in [6.45, 7) is 4.28. The minimum absolute atomic E-state index is 0.0313. The summed E-state index contributed by atoms with van der Waals surface area (Å²) in [6.07, 6.45) is 0.753. The molecule has 4 heteroatoms. The van der Waals surface area contributed by atoms with E-state index in [1.807, 2.05) is 44.2 Å². The van der Waals surface area contributed by atoms with E-state index in [0.29, 0.717) is 6.54 Å². The van der Waals surface area contributed by atoms with Gasteiger partial charge in [-0.1, -0.05) is 30.3 Å². The molecule has 17 heavy (non-hydrogen) atoms. The standard InChI is InChI=1S/C13H21N3O/c1-10(2)15-13(17)16-12(9-14)8-11-6-4-3-5-7-11/h3-7,10,12H,8-9,14H2,1-2H3,(H2,15,16,17). The summed E-state index contributed by atoms with van der Waals surface area (Å²) in [7, 11) is 0. The van der Waals surface area contributed by atoms with Gasteiger partial charge < -0.3 is 16.4 Å². The van der Waals surface area contributed by atoms with Gasteiger partial charge in [-0.15, -0.1) is 0 Å². The van der Waals surface area contributed by atoms with Crippen LogP contribution in [0.15, 0.2) is 30.3 Å². The van der Waals surface area contributed by atoms with Gasteiger partial charge in [0, 0.05) is 18.6 Å². The third kappa shape index (κ3) is 5.36. The molecule has 94 valence electrons. The molecule has 0 fully saturated rings. The Balaban J connectivity index is 2.46. The molecule has 4 nitrogen and oxygen atoms in total. The number of urea groups is 1. The maximum Gasteiger partial charge on any atom is 0.315 e. The molecule has 1 rings (SSSR count). The number of hydrogen-bond acceptors (Lipinski definition) is 2. The maximum absolute atomic E-state index is 11.5. The molecule has 2 amide bonds. The topological polar surface area (TPSA) is 67.2 Å². The van der Waals surface area contributed by atoms with Crippen LogP contribution < -0.4 is 16.4 Å². The van der Waals surface area contributed by atoms with Crippen LogP contribution in [0.3, 0.4) is 0 Å². The zero-order chi connectivity index (χ0) is 12.7. The lowest BCUT2D eigenvalue weighted by molar-refractivity contribution is 0.234. The molecule has 0 heterocycles. The number of hydrogen-bond donors (Lipinski definition) is 3. The number of rotatable bonds is 5. The van der Waals surface area contributed by atoms with Gasteiger partial charge in [0.1, 0.15) is 0 Å². The predicted molar refractivity (Wildman–Crippen MR) is 69.8 cm³/mol. The molecule has 0 aliphatic heterocycles. The zero-order valence-electron chi connectivity index (χ0n) is 10.4.